The lowest BCUT2D eigenvalue weighted by Gasteiger charge is -2.11. The Hall–Kier alpha value is -2.85. The zero-order valence-electron chi connectivity index (χ0n) is 14.6. The lowest BCUT2D eigenvalue weighted by atomic mass is 10.1. The first-order valence-electron chi connectivity index (χ1n) is 8.27. The average molecular weight is 367 g/mol. The van der Waals surface area contributed by atoms with Crippen molar-refractivity contribution in [1.29, 1.82) is 0 Å². The molecule has 0 unspecified atom stereocenters. The molecular formula is C21H19ClN2O2. The van der Waals surface area contributed by atoms with Crippen molar-refractivity contribution in [2.75, 3.05) is 5.32 Å². The first-order valence-corrected chi connectivity index (χ1v) is 8.65. The highest BCUT2D eigenvalue weighted by Crippen LogP contribution is 2.23. The van der Waals surface area contributed by atoms with Crippen LogP contribution in [-0.4, -0.2) is 10.5 Å². The Kier molecular flexibility index (Phi) is 5.24. The number of hydrogen-bond acceptors (Lipinski definition) is 2. The summed E-state index contributed by atoms with van der Waals surface area (Å²) in [6.07, 6.45) is 1.68. The minimum absolute atomic E-state index is 0.0963. The van der Waals surface area contributed by atoms with E-state index in [4.69, 9.17) is 11.6 Å². The molecule has 1 amide bonds. The summed E-state index contributed by atoms with van der Waals surface area (Å²) in [7, 11) is 0. The monoisotopic (exact) mass is 366 g/mol. The summed E-state index contributed by atoms with van der Waals surface area (Å²) in [4.78, 5) is 25.3. The van der Waals surface area contributed by atoms with Gasteiger partial charge in [-0.1, -0.05) is 47.5 Å². The molecule has 132 valence electrons. The van der Waals surface area contributed by atoms with E-state index in [1.54, 1.807) is 30.5 Å². The van der Waals surface area contributed by atoms with Gasteiger partial charge in [0.1, 0.15) is 5.56 Å². The van der Waals surface area contributed by atoms with E-state index in [1.807, 2.05) is 38.1 Å². The van der Waals surface area contributed by atoms with Crippen molar-refractivity contribution in [1.82, 2.24) is 4.57 Å². The molecule has 26 heavy (non-hydrogen) atoms. The minimum Gasteiger partial charge on any atom is -0.322 e. The molecule has 0 aliphatic rings. The number of aryl methyl sites for hydroxylation is 1. The van der Waals surface area contributed by atoms with Crippen LogP contribution in [0.1, 0.15) is 27.0 Å². The number of halogens is 1. The molecule has 0 atom stereocenters. The third kappa shape index (κ3) is 3.86. The molecule has 0 aliphatic carbocycles. The van der Waals surface area contributed by atoms with Gasteiger partial charge in [0, 0.05) is 16.9 Å². The Morgan fingerprint density at radius 1 is 1.04 bits per heavy atom. The predicted molar refractivity (Wildman–Crippen MR) is 105 cm³/mol. The summed E-state index contributed by atoms with van der Waals surface area (Å²) in [6, 6.07) is 16.5. The van der Waals surface area contributed by atoms with E-state index < -0.39 is 5.91 Å². The quantitative estimate of drug-likeness (QED) is 0.743. The zero-order valence-corrected chi connectivity index (χ0v) is 15.4. The fraction of sp³-hybridized carbons (Fsp3) is 0.143. The van der Waals surface area contributed by atoms with Crippen LogP contribution in [0.5, 0.6) is 0 Å². The van der Waals surface area contributed by atoms with E-state index in [0.29, 0.717) is 17.3 Å². The molecule has 3 aromatic rings. The van der Waals surface area contributed by atoms with E-state index >= 15 is 0 Å². The number of carbonyl (C=O) groups excluding carboxylic acids is 1. The van der Waals surface area contributed by atoms with Crippen LogP contribution in [-0.2, 0) is 6.54 Å². The maximum atomic E-state index is 12.7. The number of carbonyl (C=O) groups is 1. The number of pyridine rings is 1. The van der Waals surface area contributed by atoms with Crippen LogP contribution in [0.25, 0.3) is 0 Å². The van der Waals surface area contributed by atoms with Crippen LogP contribution >= 0.6 is 11.6 Å². The second-order valence-corrected chi connectivity index (χ2v) is 6.61. The van der Waals surface area contributed by atoms with Crippen LogP contribution in [0.2, 0.25) is 5.02 Å². The van der Waals surface area contributed by atoms with Gasteiger partial charge in [0.25, 0.3) is 11.5 Å². The van der Waals surface area contributed by atoms with Gasteiger partial charge in [0.05, 0.1) is 6.54 Å². The first kappa shape index (κ1) is 18.0. The molecule has 0 radical (unpaired) electrons. The molecule has 3 rings (SSSR count). The second-order valence-electron chi connectivity index (χ2n) is 6.21. The second kappa shape index (κ2) is 7.58. The Bertz CT molecular complexity index is 1010. The third-order valence-electron chi connectivity index (χ3n) is 4.25. The van der Waals surface area contributed by atoms with Gasteiger partial charge in [-0.2, -0.15) is 0 Å². The third-order valence-corrected chi connectivity index (χ3v) is 4.66. The SMILES string of the molecule is Cc1ccc(Cn2cccc(C(=O)Nc3cccc(Cl)c3C)c2=O)cc1. The summed E-state index contributed by atoms with van der Waals surface area (Å²) < 4.78 is 1.53. The number of nitrogens with one attached hydrogen (secondary N) is 1. The summed E-state index contributed by atoms with van der Waals surface area (Å²) in [5.74, 6) is -0.446. The summed E-state index contributed by atoms with van der Waals surface area (Å²) in [6.45, 7) is 4.24. The molecule has 0 saturated carbocycles. The average Bonchev–Trinajstić information content (AvgIpc) is 2.62. The van der Waals surface area contributed by atoms with Gasteiger partial charge in [-0.3, -0.25) is 9.59 Å². The van der Waals surface area contributed by atoms with Gasteiger partial charge in [0.2, 0.25) is 0 Å². The first-order chi connectivity index (χ1) is 12.5. The van der Waals surface area contributed by atoms with Crippen LogP contribution in [0.3, 0.4) is 0 Å². The Labute approximate surface area is 157 Å². The number of anilines is 1. The van der Waals surface area contributed by atoms with Crippen LogP contribution < -0.4 is 10.9 Å². The topological polar surface area (TPSA) is 51.1 Å². The molecule has 4 nitrogen and oxygen atoms in total. The molecule has 1 N–H and O–H groups in total. The molecule has 1 heterocycles. The van der Waals surface area contributed by atoms with Gasteiger partial charge in [-0.05, 0) is 49.2 Å². The Balaban J connectivity index is 1.86. The van der Waals surface area contributed by atoms with Crippen LogP contribution in [0.4, 0.5) is 5.69 Å². The standard InChI is InChI=1S/C21H19ClN2O2/c1-14-8-10-16(11-9-14)13-24-12-4-5-17(21(24)26)20(25)23-19-7-3-6-18(22)15(19)2/h3-12H,13H2,1-2H3,(H,23,25). The van der Waals surface area contributed by atoms with Crippen molar-refractivity contribution >= 4 is 23.2 Å². The maximum Gasteiger partial charge on any atom is 0.263 e. The van der Waals surface area contributed by atoms with Gasteiger partial charge >= 0.3 is 0 Å². The number of hydrogen-bond donors (Lipinski definition) is 1. The molecule has 0 aliphatic heterocycles. The normalized spacial score (nSPS) is 10.6. The van der Waals surface area contributed by atoms with E-state index in [0.717, 1.165) is 16.7 Å². The molecule has 0 saturated heterocycles. The molecule has 0 bridgehead atoms. The Morgan fingerprint density at radius 3 is 2.50 bits per heavy atom. The smallest absolute Gasteiger partial charge is 0.263 e. The van der Waals surface area contributed by atoms with E-state index in [-0.39, 0.29) is 11.1 Å². The highest BCUT2D eigenvalue weighted by molar-refractivity contribution is 6.31. The Morgan fingerprint density at radius 2 is 1.77 bits per heavy atom. The number of rotatable bonds is 4. The number of nitrogens with zero attached hydrogens (tertiary/aromatic N) is 1. The van der Waals surface area contributed by atoms with Crippen molar-refractivity contribution in [2.24, 2.45) is 0 Å². The molecule has 0 spiro atoms. The van der Waals surface area contributed by atoms with Gasteiger partial charge in [0.15, 0.2) is 0 Å². The van der Waals surface area contributed by atoms with Gasteiger partial charge in [-0.15, -0.1) is 0 Å². The van der Waals surface area contributed by atoms with E-state index in [1.165, 1.54) is 10.6 Å². The molecule has 5 heteroatoms. The van der Waals surface area contributed by atoms with Crippen LogP contribution in [0, 0.1) is 13.8 Å². The lowest BCUT2D eigenvalue weighted by molar-refractivity contribution is 0.102. The van der Waals surface area contributed by atoms with Crippen molar-refractivity contribution in [3.05, 3.63) is 98.4 Å². The van der Waals surface area contributed by atoms with Crippen LogP contribution in [0.15, 0.2) is 65.6 Å². The maximum absolute atomic E-state index is 12.7. The summed E-state index contributed by atoms with van der Waals surface area (Å²) >= 11 is 6.08. The highest BCUT2D eigenvalue weighted by atomic mass is 35.5. The van der Waals surface area contributed by atoms with Crippen molar-refractivity contribution in [3.63, 3.8) is 0 Å². The summed E-state index contributed by atoms with van der Waals surface area (Å²) in [5.41, 5.74) is 3.28. The zero-order chi connectivity index (χ0) is 18.7. The van der Waals surface area contributed by atoms with Gasteiger partial charge in [-0.25, -0.2) is 0 Å². The number of benzene rings is 2. The van der Waals surface area contributed by atoms with Crippen molar-refractivity contribution < 1.29 is 4.79 Å². The van der Waals surface area contributed by atoms with Crippen molar-refractivity contribution in [3.8, 4) is 0 Å². The van der Waals surface area contributed by atoms with Crippen molar-refractivity contribution in [2.45, 2.75) is 20.4 Å². The molecule has 1 aromatic heterocycles. The largest absolute Gasteiger partial charge is 0.322 e. The molecule has 0 fully saturated rings. The number of amides is 1. The number of aromatic nitrogens is 1. The molecular weight excluding hydrogens is 348 g/mol. The predicted octanol–water partition coefficient (Wildman–Crippen LogP) is 4.42. The fourth-order valence-electron chi connectivity index (χ4n) is 2.66. The summed E-state index contributed by atoms with van der Waals surface area (Å²) in [5, 5.41) is 3.33. The van der Waals surface area contributed by atoms with Gasteiger partial charge < -0.3 is 9.88 Å². The van der Waals surface area contributed by atoms with E-state index in [9.17, 15) is 9.59 Å². The minimum atomic E-state index is -0.446. The highest BCUT2D eigenvalue weighted by Gasteiger charge is 2.14. The molecule has 2 aromatic carbocycles. The fourth-order valence-corrected chi connectivity index (χ4v) is 2.83. The van der Waals surface area contributed by atoms with E-state index in [2.05, 4.69) is 5.32 Å². The lowest BCUT2D eigenvalue weighted by Crippen LogP contribution is -2.29.